The zero-order chi connectivity index (χ0) is 16.0. The van der Waals surface area contributed by atoms with Crippen LogP contribution in [-0.4, -0.2) is 38.1 Å². The highest BCUT2D eigenvalue weighted by molar-refractivity contribution is 7.89. The maximum atomic E-state index is 11.8. The van der Waals surface area contributed by atoms with Gasteiger partial charge in [-0.3, -0.25) is 14.9 Å². The van der Waals surface area contributed by atoms with Crippen molar-refractivity contribution in [3.8, 4) is 0 Å². The number of nitrogens with one attached hydrogen (secondary N) is 2. The molecule has 21 heavy (non-hydrogen) atoms. The van der Waals surface area contributed by atoms with Crippen molar-refractivity contribution >= 4 is 33.2 Å². The molecule has 1 amide bonds. The number of rotatable bonds is 7. The molecule has 0 saturated carbocycles. The molecule has 0 radical (unpaired) electrons. The van der Waals surface area contributed by atoms with Crippen LogP contribution in [0, 0.1) is 10.1 Å². The molecule has 1 aromatic carbocycles. The van der Waals surface area contributed by atoms with Gasteiger partial charge in [0.2, 0.25) is 10.0 Å². The van der Waals surface area contributed by atoms with E-state index < -0.39 is 20.9 Å². The van der Waals surface area contributed by atoms with Gasteiger partial charge in [-0.2, -0.15) is 0 Å². The van der Waals surface area contributed by atoms with Crippen LogP contribution in [0.5, 0.6) is 0 Å². The quantitative estimate of drug-likeness (QED) is 0.567. The van der Waals surface area contributed by atoms with Crippen LogP contribution in [0.1, 0.15) is 17.3 Å². The summed E-state index contributed by atoms with van der Waals surface area (Å²) in [5.41, 5.74) is -0.186. The lowest BCUT2D eigenvalue weighted by molar-refractivity contribution is -0.384. The number of halogens is 1. The molecule has 0 atom stereocenters. The Bertz CT molecular complexity index is 647. The first-order valence-corrected chi connectivity index (χ1v) is 7.99. The number of sulfonamides is 1. The molecule has 116 valence electrons. The zero-order valence-electron chi connectivity index (χ0n) is 11.1. The van der Waals surface area contributed by atoms with Crippen molar-refractivity contribution in [2.45, 2.75) is 6.92 Å². The second-order valence-electron chi connectivity index (χ2n) is 4.00. The van der Waals surface area contributed by atoms with Gasteiger partial charge in [-0.05, 0) is 12.1 Å². The Kier molecular flexibility index (Phi) is 6.06. The highest BCUT2D eigenvalue weighted by atomic mass is 35.5. The summed E-state index contributed by atoms with van der Waals surface area (Å²) >= 11 is 5.69. The van der Waals surface area contributed by atoms with E-state index in [-0.39, 0.29) is 35.1 Å². The summed E-state index contributed by atoms with van der Waals surface area (Å²) in [5.74, 6) is -0.814. The Morgan fingerprint density at radius 2 is 2.10 bits per heavy atom. The van der Waals surface area contributed by atoms with Gasteiger partial charge < -0.3 is 5.32 Å². The number of nitro benzene ring substituents is 1. The summed E-state index contributed by atoms with van der Waals surface area (Å²) < 4.78 is 25.0. The van der Waals surface area contributed by atoms with Gasteiger partial charge in [0, 0.05) is 24.7 Å². The minimum absolute atomic E-state index is 0.0806. The van der Waals surface area contributed by atoms with E-state index in [0.717, 1.165) is 12.1 Å². The van der Waals surface area contributed by atoms with Gasteiger partial charge in [-0.1, -0.05) is 18.5 Å². The van der Waals surface area contributed by atoms with Crippen molar-refractivity contribution < 1.29 is 18.1 Å². The van der Waals surface area contributed by atoms with Crippen LogP contribution in [-0.2, 0) is 10.0 Å². The van der Waals surface area contributed by atoms with Gasteiger partial charge in [-0.25, -0.2) is 13.1 Å². The second-order valence-corrected chi connectivity index (χ2v) is 6.33. The monoisotopic (exact) mass is 335 g/mol. The lowest BCUT2D eigenvalue weighted by Gasteiger charge is -2.07. The van der Waals surface area contributed by atoms with Gasteiger partial charge in [0.1, 0.15) is 5.02 Å². The van der Waals surface area contributed by atoms with E-state index in [0.29, 0.717) is 0 Å². The molecule has 1 rings (SSSR count). The molecule has 0 heterocycles. The minimum Gasteiger partial charge on any atom is -0.351 e. The molecule has 0 bridgehead atoms. The standard InChI is InChI=1S/C11H14ClN3O5S/c1-2-14-21(19,20)6-5-13-11(16)8-3-4-10(15(17)18)9(12)7-8/h3-4,7,14H,2,5-6H2,1H3,(H,13,16). The molecule has 0 aromatic heterocycles. The van der Waals surface area contributed by atoms with Crippen molar-refractivity contribution in [1.82, 2.24) is 10.0 Å². The van der Waals surface area contributed by atoms with Crippen LogP contribution in [0.15, 0.2) is 18.2 Å². The SMILES string of the molecule is CCNS(=O)(=O)CCNC(=O)c1ccc([N+](=O)[O-])c(Cl)c1. The Labute approximate surface area is 126 Å². The van der Waals surface area contributed by atoms with Crippen molar-refractivity contribution in [1.29, 1.82) is 0 Å². The predicted molar refractivity (Wildman–Crippen MR) is 77.9 cm³/mol. The van der Waals surface area contributed by atoms with Gasteiger partial charge in [0.05, 0.1) is 10.7 Å². The van der Waals surface area contributed by atoms with Crippen LogP contribution in [0.2, 0.25) is 5.02 Å². The van der Waals surface area contributed by atoms with E-state index in [1.165, 1.54) is 6.07 Å². The molecular weight excluding hydrogens is 322 g/mol. The highest BCUT2D eigenvalue weighted by Crippen LogP contribution is 2.24. The highest BCUT2D eigenvalue weighted by Gasteiger charge is 2.16. The fourth-order valence-electron chi connectivity index (χ4n) is 1.49. The normalized spacial score (nSPS) is 11.1. The van der Waals surface area contributed by atoms with Gasteiger partial charge in [0.25, 0.3) is 11.6 Å². The first-order chi connectivity index (χ1) is 9.76. The number of nitrogens with zero attached hydrogens (tertiary/aromatic N) is 1. The third-order valence-electron chi connectivity index (χ3n) is 2.43. The Morgan fingerprint density at radius 3 is 2.62 bits per heavy atom. The van der Waals surface area contributed by atoms with E-state index in [9.17, 15) is 23.3 Å². The third-order valence-corrected chi connectivity index (χ3v) is 4.20. The Balaban J connectivity index is 2.65. The number of hydrogen-bond acceptors (Lipinski definition) is 5. The average molecular weight is 336 g/mol. The summed E-state index contributed by atoms with van der Waals surface area (Å²) in [7, 11) is -3.42. The van der Waals surface area contributed by atoms with Crippen LogP contribution >= 0.6 is 11.6 Å². The number of benzene rings is 1. The minimum atomic E-state index is -3.42. The first-order valence-electron chi connectivity index (χ1n) is 5.96. The van der Waals surface area contributed by atoms with Crippen LogP contribution in [0.25, 0.3) is 0 Å². The van der Waals surface area contributed by atoms with E-state index in [1.807, 2.05) is 0 Å². The lowest BCUT2D eigenvalue weighted by Crippen LogP contribution is -2.34. The summed E-state index contributed by atoms with van der Waals surface area (Å²) in [6.07, 6.45) is 0. The third kappa shape index (κ3) is 5.29. The number of nitro groups is 1. The van der Waals surface area contributed by atoms with Crippen LogP contribution < -0.4 is 10.0 Å². The summed E-state index contributed by atoms with van der Waals surface area (Å²) in [4.78, 5) is 21.7. The van der Waals surface area contributed by atoms with Crippen molar-refractivity contribution in [3.05, 3.63) is 38.9 Å². The predicted octanol–water partition coefficient (Wildman–Crippen LogP) is 0.917. The molecule has 0 spiro atoms. The topological polar surface area (TPSA) is 118 Å². The molecule has 0 fully saturated rings. The molecule has 2 N–H and O–H groups in total. The Hall–Kier alpha value is -1.71. The van der Waals surface area contributed by atoms with Crippen molar-refractivity contribution in [3.63, 3.8) is 0 Å². The molecule has 0 aliphatic heterocycles. The van der Waals surface area contributed by atoms with E-state index in [2.05, 4.69) is 10.0 Å². The number of amides is 1. The second kappa shape index (κ2) is 7.34. The maximum Gasteiger partial charge on any atom is 0.287 e. The molecule has 0 aliphatic carbocycles. The molecule has 8 nitrogen and oxygen atoms in total. The molecule has 0 unspecified atom stereocenters. The molecular formula is C11H14ClN3O5S. The van der Waals surface area contributed by atoms with E-state index in [1.54, 1.807) is 6.92 Å². The number of hydrogen-bond donors (Lipinski definition) is 2. The smallest absolute Gasteiger partial charge is 0.287 e. The zero-order valence-corrected chi connectivity index (χ0v) is 12.7. The Morgan fingerprint density at radius 1 is 1.43 bits per heavy atom. The number of carbonyl (C=O) groups is 1. The van der Waals surface area contributed by atoms with Gasteiger partial charge in [-0.15, -0.1) is 0 Å². The fraction of sp³-hybridized carbons (Fsp3) is 0.364. The van der Waals surface area contributed by atoms with Crippen molar-refractivity contribution in [2.24, 2.45) is 0 Å². The molecule has 0 saturated heterocycles. The maximum absolute atomic E-state index is 11.8. The fourth-order valence-corrected chi connectivity index (χ4v) is 2.69. The number of carbonyl (C=O) groups excluding carboxylic acids is 1. The summed E-state index contributed by atoms with van der Waals surface area (Å²) in [6, 6.07) is 3.53. The molecule has 0 aliphatic rings. The lowest BCUT2D eigenvalue weighted by atomic mass is 10.2. The first kappa shape index (κ1) is 17.3. The van der Waals surface area contributed by atoms with E-state index in [4.69, 9.17) is 11.6 Å². The summed E-state index contributed by atoms with van der Waals surface area (Å²) in [5, 5.41) is 12.8. The van der Waals surface area contributed by atoms with Crippen molar-refractivity contribution in [2.75, 3.05) is 18.8 Å². The van der Waals surface area contributed by atoms with Gasteiger partial charge >= 0.3 is 0 Å². The largest absolute Gasteiger partial charge is 0.351 e. The van der Waals surface area contributed by atoms with Gasteiger partial charge in [0.15, 0.2) is 0 Å². The van der Waals surface area contributed by atoms with Crippen LogP contribution in [0.4, 0.5) is 5.69 Å². The van der Waals surface area contributed by atoms with E-state index >= 15 is 0 Å². The molecule has 1 aromatic rings. The molecule has 10 heteroatoms. The average Bonchev–Trinajstić information content (AvgIpc) is 2.37. The summed E-state index contributed by atoms with van der Waals surface area (Å²) in [6.45, 7) is 1.84. The van der Waals surface area contributed by atoms with Crippen LogP contribution in [0.3, 0.4) is 0 Å².